The molecule has 0 fully saturated rings. The monoisotopic (exact) mass is 230 g/mol. The first-order chi connectivity index (χ1) is 5.24. The van der Waals surface area contributed by atoms with Crippen LogP contribution in [-0.2, 0) is 6.42 Å². The van der Waals surface area contributed by atoms with Crippen LogP contribution in [0.5, 0.6) is 0 Å². The Hall–Kier alpha value is 0.0500. The number of hydrogen-bond donors (Lipinski definition) is 1. The molecule has 0 radical (unpaired) electrons. The number of aryl methyl sites for hydroxylation is 2. The third kappa shape index (κ3) is 2.53. The van der Waals surface area contributed by atoms with Gasteiger partial charge in [0, 0.05) is 4.47 Å². The topological polar surface area (TPSA) is 0 Å². The number of benzene rings is 1. The van der Waals surface area contributed by atoms with Gasteiger partial charge in [0.2, 0.25) is 0 Å². The summed E-state index contributed by atoms with van der Waals surface area (Å²) in [7, 11) is 0. The number of thiol groups is 1. The third-order valence-corrected chi connectivity index (χ3v) is 2.74. The van der Waals surface area contributed by atoms with Crippen LogP contribution in [0.4, 0.5) is 0 Å². The lowest BCUT2D eigenvalue weighted by molar-refractivity contribution is 1.15. The summed E-state index contributed by atoms with van der Waals surface area (Å²) < 4.78 is 1.18. The van der Waals surface area contributed by atoms with Crippen molar-refractivity contribution in [1.82, 2.24) is 0 Å². The Morgan fingerprint density at radius 1 is 1.45 bits per heavy atom. The van der Waals surface area contributed by atoms with Gasteiger partial charge in [-0.3, -0.25) is 0 Å². The molecular formula is C9H11BrS. The summed E-state index contributed by atoms with van der Waals surface area (Å²) in [4.78, 5) is 0. The van der Waals surface area contributed by atoms with E-state index in [1.54, 1.807) is 0 Å². The molecule has 0 heterocycles. The van der Waals surface area contributed by atoms with E-state index in [-0.39, 0.29) is 0 Å². The molecule has 0 aliphatic heterocycles. The number of hydrogen-bond acceptors (Lipinski definition) is 1. The van der Waals surface area contributed by atoms with Crippen LogP contribution in [0.2, 0.25) is 0 Å². The van der Waals surface area contributed by atoms with Gasteiger partial charge < -0.3 is 0 Å². The molecule has 1 rings (SSSR count). The van der Waals surface area contributed by atoms with E-state index in [2.05, 4.69) is 53.7 Å². The van der Waals surface area contributed by atoms with Crippen molar-refractivity contribution >= 4 is 28.6 Å². The lowest BCUT2D eigenvalue weighted by atomic mass is 10.1. The molecule has 1 aromatic rings. The fourth-order valence-corrected chi connectivity index (χ4v) is 1.50. The molecule has 0 aliphatic carbocycles. The molecule has 0 N–H and O–H groups in total. The summed E-state index contributed by atoms with van der Waals surface area (Å²) in [6.07, 6.45) is 1.05. The van der Waals surface area contributed by atoms with Crippen LogP contribution in [-0.4, -0.2) is 5.75 Å². The van der Waals surface area contributed by atoms with E-state index in [1.165, 1.54) is 15.6 Å². The first-order valence-corrected chi connectivity index (χ1v) is 5.02. The van der Waals surface area contributed by atoms with Gasteiger partial charge in [-0.25, -0.2) is 0 Å². The van der Waals surface area contributed by atoms with Crippen LogP contribution in [0, 0.1) is 6.92 Å². The van der Waals surface area contributed by atoms with Crippen LogP contribution in [0.25, 0.3) is 0 Å². The van der Waals surface area contributed by atoms with Crippen molar-refractivity contribution in [3.8, 4) is 0 Å². The maximum absolute atomic E-state index is 4.18. The summed E-state index contributed by atoms with van der Waals surface area (Å²) >= 11 is 7.64. The summed E-state index contributed by atoms with van der Waals surface area (Å²) in [5.74, 6) is 0.918. The molecule has 0 amide bonds. The largest absolute Gasteiger partial charge is 0.179 e. The molecule has 0 atom stereocenters. The van der Waals surface area contributed by atoms with Gasteiger partial charge in [-0.2, -0.15) is 12.6 Å². The minimum atomic E-state index is 0.918. The fourth-order valence-electron chi connectivity index (χ4n) is 0.991. The minimum absolute atomic E-state index is 0.918. The highest BCUT2D eigenvalue weighted by molar-refractivity contribution is 9.10. The van der Waals surface area contributed by atoms with Gasteiger partial charge in [0.25, 0.3) is 0 Å². The molecular weight excluding hydrogens is 220 g/mol. The first kappa shape index (κ1) is 9.14. The zero-order chi connectivity index (χ0) is 8.27. The summed E-state index contributed by atoms with van der Waals surface area (Å²) in [6.45, 7) is 2.10. The van der Waals surface area contributed by atoms with E-state index in [9.17, 15) is 0 Å². The van der Waals surface area contributed by atoms with Crippen molar-refractivity contribution in [3.05, 3.63) is 33.8 Å². The predicted octanol–water partition coefficient (Wildman–Crippen LogP) is 3.23. The average Bonchev–Trinajstić information content (AvgIpc) is 1.98. The van der Waals surface area contributed by atoms with Crippen molar-refractivity contribution < 1.29 is 0 Å². The smallest absolute Gasteiger partial charge is 0.0204 e. The van der Waals surface area contributed by atoms with Gasteiger partial charge in [-0.05, 0) is 36.3 Å². The molecule has 2 heteroatoms. The normalized spacial score (nSPS) is 10.1. The van der Waals surface area contributed by atoms with Gasteiger partial charge in [-0.1, -0.05) is 28.1 Å². The van der Waals surface area contributed by atoms with Crippen molar-refractivity contribution in [3.63, 3.8) is 0 Å². The Morgan fingerprint density at radius 2 is 2.18 bits per heavy atom. The van der Waals surface area contributed by atoms with E-state index < -0.39 is 0 Å². The molecule has 60 valence electrons. The van der Waals surface area contributed by atoms with Gasteiger partial charge in [0.15, 0.2) is 0 Å². The van der Waals surface area contributed by atoms with Gasteiger partial charge in [0.1, 0.15) is 0 Å². The lowest BCUT2D eigenvalue weighted by Gasteiger charge is -2.01. The number of halogens is 1. The standard InChI is InChI=1S/C9H11BrS/c1-7-6-8(4-5-11)2-3-9(7)10/h2-3,6,11H,4-5H2,1H3. The quantitative estimate of drug-likeness (QED) is 0.742. The van der Waals surface area contributed by atoms with Gasteiger partial charge >= 0.3 is 0 Å². The Balaban J connectivity index is 2.86. The van der Waals surface area contributed by atoms with E-state index >= 15 is 0 Å². The van der Waals surface area contributed by atoms with Crippen LogP contribution in [0.1, 0.15) is 11.1 Å². The molecule has 0 spiro atoms. The highest BCUT2D eigenvalue weighted by Gasteiger charge is 1.95. The zero-order valence-corrected chi connectivity index (χ0v) is 8.95. The molecule has 0 unspecified atom stereocenters. The van der Waals surface area contributed by atoms with E-state index in [0.717, 1.165) is 12.2 Å². The Bertz CT molecular complexity index is 245. The summed E-state index contributed by atoms with van der Waals surface area (Å²) in [5.41, 5.74) is 2.66. The predicted molar refractivity (Wildman–Crippen MR) is 56.4 cm³/mol. The van der Waals surface area contributed by atoms with Crippen molar-refractivity contribution in [2.75, 3.05) is 5.75 Å². The maximum atomic E-state index is 4.18. The van der Waals surface area contributed by atoms with Crippen molar-refractivity contribution in [1.29, 1.82) is 0 Å². The van der Waals surface area contributed by atoms with Crippen molar-refractivity contribution in [2.45, 2.75) is 13.3 Å². The molecule has 0 aromatic heterocycles. The maximum Gasteiger partial charge on any atom is 0.0204 e. The molecule has 0 aliphatic rings. The summed E-state index contributed by atoms with van der Waals surface area (Å²) in [5, 5.41) is 0. The minimum Gasteiger partial charge on any atom is -0.179 e. The molecule has 0 saturated heterocycles. The molecule has 11 heavy (non-hydrogen) atoms. The SMILES string of the molecule is Cc1cc(CCS)ccc1Br. The van der Waals surface area contributed by atoms with Crippen LogP contribution in [0.15, 0.2) is 22.7 Å². The molecule has 0 saturated carbocycles. The lowest BCUT2D eigenvalue weighted by Crippen LogP contribution is -1.87. The third-order valence-electron chi connectivity index (χ3n) is 1.62. The highest BCUT2D eigenvalue weighted by Crippen LogP contribution is 2.17. The van der Waals surface area contributed by atoms with E-state index in [4.69, 9.17) is 0 Å². The van der Waals surface area contributed by atoms with Crippen LogP contribution >= 0.6 is 28.6 Å². The average molecular weight is 231 g/mol. The Kier molecular flexibility index (Phi) is 3.46. The molecule has 0 bridgehead atoms. The van der Waals surface area contributed by atoms with Gasteiger partial charge in [0.05, 0.1) is 0 Å². The Labute approximate surface area is 81.5 Å². The second-order valence-corrected chi connectivity index (χ2v) is 3.86. The molecule has 1 aromatic carbocycles. The first-order valence-electron chi connectivity index (χ1n) is 3.60. The van der Waals surface area contributed by atoms with Crippen LogP contribution < -0.4 is 0 Å². The fraction of sp³-hybridized carbons (Fsp3) is 0.333. The van der Waals surface area contributed by atoms with E-state index in [0.29, 0.717) is 0 Å². The number of rotatable bonds is 2. The summed E-state index contributed by atoms with van der Waals surface area (Å²) in [6, 6.07) is 6.42. The second-order valence-electron chi connectivity index (χ2n) is 2.56. The van der Waals surface area contributed by atoms with Gasteiger partial charge in [-0.15, -0.1) is 0 Å². The molecule has 0 nitrogen and oxygen atoms in total. The van der Waals surface area contributed by atoms with E-state index in [1.807, 2.05) is 0 Å². The highest BCUT2D eigenvalue weighted by atomic mass is 79.9. The van der Waals surface area contributed by atoms with Crippen molar-refractivity contribution in [2.24, 2.45) is 0 Å². The Morgan fingerprint density at radius 3 is 2.73 bits per heavy atom. The zero-order valence-electron chi connectivity index (χ0n) is 6.47. The van der Waals surface area contributed by atoms with Crippen LogP contribution in [0.3, 0.4) is 0 Å². The second kappa shape index (κ2) is 4.17.